The van der Waals surface area contributed by atoms with Crippen LogP contribution in [-0.4, -0.2) is 18.9 Å². The van der Waals surface area contributed by atoms with Gasteiger partial charge in [0, 0.05) is 10.0 Å². The minimum absolute atomic E-state index is 0.133. The van der Waals surface area contributed by atoms with E-state index in [2.05, 4.69) is 28.2 Å². The number of nitrogens with one attached hydrogen (secondary N) is 1. The van der Waals surface area contributed by atoms with Crippen molar-refractivity contribution in [3.63, 3.8) is 0 Å². The summed E-state index contributed by atoms with van der Waals surface area (Å²) < 4.78 is 1.03. The van der Waals surface area contributed by atoms with Crippen LogP contribution in [0.5, 0.6) is 0 Å². The molecule has 0 aliphatic carbocycles. The predicted molar refractivity (Wildman–Crippen MR) is 80.2 cm³/mol. The highest BCUT2D eigenvalue weighted by molar-refractivity contribution is 9.10. The Bertz CT molecular complexity index is 397. The normalized spacial score (nSPS) is 14.4. The molecule has 0 spiro atoms. The van der Waals surface area contributed by atoms with E-state index in [0.717, 1.165) is 27.9 Å². The van der Waals surface area contributed by atoms with E-state index in [0.29, 0.717) is 0 Å². The quantitative estimate of drug-likeness (QED) is 0.860. The van der Waals surface area contributed by atoms with Gasteiger partial charge in [-0.2, -0.15) is 0 Å². The lowest BCUT2D eigenvalue weighted by molar-refractivity contribution is 0.101. The van der Waals surface area contributed by atoms with E-state index in [-0.39, 0.29) is 5.78 Å². The number of hydrogen-bond acceptors (Lipinski definition) is 2. The van der Waals surface area contributed by atoms with E-state index >= 15 is 0 Å². The Balaban J connectivity index is 0.000000225. The second-order valence-corrected chi connectivity index (χ2v) is 5.46. The third kappa shape index (κ3) is 4.21. The van der Waals surface area contributed by atoms with Gasteiger partial charge in [-0.3, -0.25) is 4.79 Å². The van der Waals surface area contributed by atoms with Crippen molar-refractivity contribution < 1.29 is 4.79 Å². The summed E-state index contributed by atoms with van der Waals surface area (Å²) in [5.74, 6) is 1.14. The lowest BCUT2D eigenvalue weighted by Crippen LogP contribution is -2.41. The van der Waals surface area contributed by atoms with Gasteiger partial charge in [0.05, 0.1) is 0 Å². The SMILES string of the molecule is CCC1CNC1.CCc1c(Br)cccc1C(C)=O. The summed E-state index contributed by atoms with van der Waals surface area (Å²) in [6.45, 7) is 8.41. The first kappa shape index (κ1) is 15.4. The number of carbonyl (C=O) groups is 1. The zero-order valence-corrected chi connectivity index (χ0v) is 13.0. The number of Topliss-reactive ketones (excluding diaryl/α,β-unsaturated/α-hetero) is 1. The Kier molecular flexibility index (Phi) is 6.58. The summed E-state index contributed by atoms with van der Waals surface area (Å²) in [7, 11) is 0. The number of benzene rings is 1. The molecule has 3 heteroatoms. The topological polar surface area (TPSA) is 29.1 Å². The Morgan fingerprint density at radius 2 is 2.06 bits per heavy atom. The Morgan fingerprint density at radius 3 is 2.33 bits per heavy atom. The molecule has 1 aliphatic heterocycles. The molecule has 100 valence electrons. The van der Waals surface area contributed by atoms with Crippen molar-refractivity contribution in [1.82, 2.24) is 5.32 Å². The van der Waals surface area contributed by atoms with E-state index in [9.17, 15) is 4.79 Å². The minimum atomic E-state index is 0.133. The molecule has 1 heterocycles. The fraction of sp³-hybridized carbons (Fsp3) is 0.533. The maximum atomic E-state index is 11.2. The Hall–Kier alpha value is -0.670. The Morgan fingerprint density at radius 1 is 1.39 bits per heavy atom. The van der Waals surface area contributed by atoms with Gasteiger partial charge in [0.15, 0.2) is 5.78 Å². The molecule has 1 aliphatic rings. The van der Waals surface area contributed by atoms with E-state index in [4.69, 9.17) is 0 Å². The van der Waals surface area contributed by atoms with Crippen LogP contribution in [0.25, 0.3) is 0 Å². The molecule has 1 N–H and O–H groups in total. The van der Waals surface area contributed by atoms with Gasteiger partial charge in [-0.05, 0) is 44.0 Å². The van der Waals surface area contributed by atoms with Gasteiger partial charge >= 0.3 is 0 Å². The molecular formula is C15H22BrNO. The Labute approximate surface area is 118 Å². The largest absolute Gasteiger partial charge is 0.316 e. The maximum absolute atomic E-state index is 11.2. The van der Waals surface area contributed by atoms with Crippen molar-refractivity contribution >= 4 is 21.7 Å². The molecule has 2 rings (SSSR count). The predicted octanol–water partition coefficient (Wildman–Crippen LogP) is 3.83. The first-order valence-corrected chi connectivity index (χ1v) is 7.38. The zero-order valence-electron chi connectivity index (χ0n) is 11.4. The lowest BCUT2D eigenvalue weighted by atomic mass is 10.0. The van der Waals surface area contributed by atoms with Gasteiger partial charge in [0.25, 0.3) is 0 Å². The number of rotatable bonds is 3. The van der Waals surface area contributed by atoms with Crippen LogP contribution < -0.4 is 5.32 Å². The standard InChI is InChI=1S/C10H11BrO.C5H11N/c1-3-8-9(7(2)12)5-4-6-10(8)11;1-2-5-3-6-4-5/h4-6H,3H2,1-2H3;5-6H,2-4H2,1H3. The van der Waals surface area contributed by atoms with E-state index in [1.165, 1.54) is 19.5 Å². The third-order valence-corrected chi connectivity index (χ3v) is 4.04. The van der Waals surface area contributed by atoms with Crippen LogP contribution in [0, 0.1) is 5.92 Å². The molecule has 2 nitrogen and oxygen atoms in total. The molecule has 0 amide bonds. The number of halogens is 1. The molecule has 0 saturated carbocycles. The van der Waals surface area contributed by atoms with Gasteiger partial charge in [-0.25, -0.2) is 0 Å². The molecular weight excluding hydrogens is 290 g/mol. The summed E-state index contributed by atoms with van der Waals surface area (Å²) in [5.41, 5.74) is 1.93. The monoisotopic (exact) mass is 311 g/mol. The summed E-state index contributed by atoms with van der Waals surface area (Å²) in [4.78, 5) is 11.2. The maximum Gasteiger partial charge on any atom is 0.160 e. The summed E-state index contributed by atoms with van der Waals surface area (Å²) in [6.07, 6.45) is 2.24. The summed E-state index contributed by atoms with van der Waals surface area (Å²) >= 11 is 3.42. The highest BCUT2D eigenvalue weighted by Gasteiger charge is 2.12. The van der Waals surface area contributed by atoms with Gasteiger partial charge in [0.2, 0.25) is 0 Å². The van der Waals surface area contributed by atoms with E-state index < -0.39 is 0 Å². The van der Waals surface area contributed by atoms with Crippen LogP contribution in [0.2, 0.25) is 0 Å². The average Bonchev–Trinajstić information content (AvgIpc) is 2.28. The second kappa shape index (κ2) is 7.70. The van der Waals surface area contributed by atoms with Crippen molar-refractivity contribution in [2.75, 3.05) is 13.1 Å². The molecule has 0 unspecified atom stereocenters. The highest BCUT2D eigenvalue weighted by Crippen LogP contribution is 2.21. The van der Waals surface area contributed by atoms with Crippen molar-refractivity contribution in [3.05, 3.63) is 33.8 Å². The molecule has 1 aromatic carbocycles. The van der Waals surface area contributed by atoms with Gasteiger partial charge in [0.1, 0.15) is 0 Å². The van der Waals surface area contributed by atoms with Crippen molar-refractivity contribution in [3.8, 4) is 0 Å². The fourth-order valence-corrected chi connectivity index (χ4v) is 2.53. The van der Waals surface area contributed by atoms with Crippen LogP contribution >= 0.6 is 15.9 Å². The lowest BCUT2D eigenvalue weighted by Gasteiger charge is -2.25. The second-order valence-electron chi connectivity index (χ2n) is 4.61. The van der Waals surface area contributed by atoms with Crippen LogP contribution in [0.15, 0.2) is 22.7 Å². The molecule has 0 atom stereocenters. The van der Waals surface area contributed by atoms with Gasteiger partial charge < -0.3 is 5.32 Å². The third-order valence-electron chi connectivity index (χ3n) is 3.30. The summed E-state index contributed by atoms with van der Waals surface area (Å²) in [6, 6.07) is 5.72. The van der Waals surface area contributed by atoms with Gasteiger partial charge in [-0.1, -0.05) is 48.3 Å². The van der Waals surface area contributed by atoms with Crippen LogP contribution in [-0.2, 0) is 6.42 Å². The number of hydrogen-bond donors (Lipinski definition) is 1. The molecule has 1 aromatic rings. The first-order valence-electron chi connectivity index (χ1n) is 6.59. The molecule has 1 saturated heterocycles. The number of carbonyl (C=O) groups excluding carboxylic acids is 1. The van der Waals surface area contributed by atoms with Gasteiger partial charge in [-0.15, -0.1) is 0 Å². The fourth-order valence-electron chi connectivity index (χ4n) is 1.88. The molecule has 0 aromatic heterocycles. The zero-order chi connectivity index (χ0) is 13.5. The van der Waals surface area contributed by atoms with Crippen LogP contribution in [0.4, 0.5) is 0 Å². The minimum Gasteiger partial charge on any atom is -0.316 e. The molecule has 18 heavy (non-hydrogen) atoms. The summed E-state index contributed by atoms with van der Waals surface area (Å²) in [5, 5.41) is 3.21. The first-order chi connectivity index (χ1) is 8.60. The highest BCUT2D eigenvalue weighted by atomic mass is 79.9. The van der Waals surface area contributed by atoms with E-state index in [1.807, 2.05) is 25.1 Å². The van der Waals surface area contributed by atoms with Crippen molar-refractivity contribution in [1.29, 1.82) is 0 Å². The number of ketones is 1. The van der Waals surface area contributed by atoms with E-state index in [1.54, 1.807) is 6.92 Å². The smallest absolute Gasteiger partial charge is 0.160 e. The van der Waals surface area contributed by atoms with Crippen molar-refractivity contribution in [2.24, 2.45) is 5.92 Å². The molecule has 1 fully saturated rings. The average molecular weight is 312 g/mol. The van der Waals surface area contributed by atoms with Crippen molar-refractivity contribution in [2.45, 2.75) is 33.6 Å². The molecule has 0 bridgehead atoms. The van der Waals surface area contributed by atoms with Crippen LogP contribution in [0.1, 0.15) is 43.1 Å². The molecule has 0 radical (unpaired) electrons. The van der Waals surface area contributed by atoms with Crippen LogP contribution in [0.3, 0.4) is 0 Å².